The second-order valence-electron chi connectivity index (χ2n) is 8.28. The van der Waals surface area contributed by atoms with Crippen LogP contribution in [0.15, 0.2) is 33.2 Å². The van der Waals surface area contributed by atoms with Crippen molar-refractivity contribution in [1.82, 2.24) is 9.97 Å². The SMILES string of the molecule is CC/C=C\CC(Oc1nc(OCCCCC#N)c(C=O)cc1Br)Oc1nc(OCCCCC#N)c(C=O)cc1Br. The van der Waals surface area contributed by atoms with E-state index < -0.39 is 6.29 Å². The van der Waals surface area contributed by atoms with E-state index in [1.54, 1.807) is 12.1 Å². The number of unbranched alkanes of at least 4 members (excludes halogenated alkanes) is 4. The van der Waals surface area contributed by atoms with E-state index in [4.69, 9.17) is 29.5 Å². The first-order chi connectivity index (χ1) is 19.5. The minimum absolute atomic E-state index is 0.106. The summed E-state index contributed by atoms with van der Waals surface area (Å²) in [5.41, 5.74) is 0.488. The van der Waals surface area contributed by atoms with Gasteiger partial charge in [0.1, 0.15) is 0 Å². The van der Waals surface area contributed by atoms with Crippen molar-refractivity contribution in [2.24, 2.45) is 0 Å². The highest BCUT2D eigenvalue weighted by atomic mass is 79.9. The molecule has 2 heterocycles. The highest BCUT2D eigenvalue weighted by molar-refractivity contribution is 9.10. The predicted octanol–water partition coefficient (Wildman–Crippen LogP) is 6.91. The van der Waals surface area contributed by atoms with E-state index >= 15 is 0 Å². The van der Waals surface area contributed by atoms with Gasteiger partial charge in [0, 0.05) is 19.3 Å². The topological polar surface area (TPSA) is 144 Å². The Hall–Kier alpha value is -3.48. The quantitative estimate of drug-likeness (QED) is 0.0665. The molecule has 0 amide bonds. The van der Waals surface area contributed by atoms with Gasteiger partial charge in [0.15, 0.2) is 12.6 Å². The van der Waals surface area contributed by atoms with Crippen molar-refractivity contribution in [2.45, 2.75) is 64.6 Å². The zero-order chi connectivity index (χ0) is 29.2. The van der Waals surface area contributed by atoms with Gasteiger partial charge in [0.25, 0.3) is 0 Å². The molecule has 0 atom stereocenters. The lowest BCUT2D eigenvalue weighted by Crippen LogP contribution is -2.25. The van der Waals surface area contributed by atoms with Crippen LogP contribution in [-0.4, -0.2) is 42.0 Å². The Bertz CT molecular complexity index is 1160. The van der Waals surface area contributed by atoms with Crippen LogP contribution in [0.4, 0.5) is 0 Å². The summed E-state index contributed by atoms with van der Waals surface area (Å²) >= 11 is 6.79. The minimum atomic E-state index is -0.897. The van der Waals surface area contributed by atoms with Crippen LogP contribution in [0.5, 0.6) is 23.5 Å². The number of halogens is 2. The van der Waals surface area contributed by atoms with Crippen LogP contribution in [0.25, 0.3) is 0 Å². The molecule has 0 unspecified atom stereocenters. The Labute approximate surface area is 250 Å². The summed E-state index contributed by atoms with van der Waals surface area (Å²) in [7, 11) is 0. The molecule has 0 saturated carbocycles. The third-order valence-electron chi connectivity index (χ3n) is 5.19. The molecule has 2 aromatic rings. The van der Waals surface area contributed by atoms with Crippen LogP contribution in [0.3, 0.4) is 0 Å². The smallest absolute Gasteiger partial charge is 0.248 e. The second kappa shape index (κ2) is 18.7. The van der Waals surface area contributed by atoms with Crippen molar-refractivity contribution in [2.75, 3.05) is 13.2 Å². The first-order valence-corrected chi connectivity index (χ1v) is 14.3. The van der Waals surface area contributed by atoms with Crippen LogP contribution < -0.4 is 18.9 Å². The fraction of sp³-hybridized carbons (Fsp3) is 0.429. The number of rotatable bonds is 19. The number of pyridine rings is 2. The van der Waals surface area contributed by atoms with Gasteiger partial charge >= 0.3 is 0 Å². The summed E-state index contributed by atoms with van der Waals surface area (Å²) < 4.78 is 24.4. The molecule has 0 N–H and O–H groups in total. The maximum atomic E-state index is 11.6. The van der Waals surface area contributed by atoms with E-state index in [1.165, 1.54) is 0 Å². The van der Waals surface area contributed by atoms with E-state index in [9.17, 15) is 9.59 Å². The molecule has 0 saturated heterocycles. The lowest BCUT2D eigenvalue weighted by atomic mass is 10.2. The number of hydrogen-bond acceptors (Lipinski definition) is 10. The molecule has 0 aliphatic rings. The Balaban J connectivity index is 2.28. The van der Waals surface area contributed by atoms with Crippen molar-refractivity contribution < 1.29 is 28.5 Å². The second-order valence-corrected chi connectivity index (χ2v) is 9.99. The number of hydrogen-bond donors (Lipinski definition) is 0. The lowest BCUT2D eigenvalue weighted by molar-refractivity contribution is -0.000234. The third kappa shape index (κ3) is 10.9. The van der Waals surface area contributed by atoms with Gasteiger partial charge in [-0.25, -0.2) is 0 Å². The molecule has 0 fully saturated rings. The molecular formula is C28H30Br2N4O6. The first kappa shape index (κ1) is 32.7. The maximum Gasteiger partial charge on any atom is 0.248 e. The van der Waals surface area contributed by atoms with E-state index in [-0.39, 0.29) is 47.9 Å². The molecule has 0 bridgehead atoms. The molecule has 0 spiro atoms. The largest absolute Gasteiger partial charge is 0.477 e. The number of aromatic nitrogens is 2. The zero-order valence-electron chi connectivity index (χ0n) is 22.1. The van der Waals surface area contributed by atoms with Gasteiger partial charge in [0.2, 0.25) is 29.8 Å². The molecule has 12 heteroatoms. The van der Waals surface area contributed by atoms with Gasteiger partial charge in [-0.2, -0.15) is 20.5 Å². The highest BCUT2D eigenvalue weighted by Gasteiger charge is 2.21. The highest BCUT2D eigenvalue weighted by Crippen LogP contribution is 2.33. The lowest BCUT2D eigenvalue weighted by Gasteiger charge is -2.21. The number of carbonyl (C=O) groups excluding carboxylic acids is 2. The summed E-state index contributed by atoms with van der Waals surface area (Å²) in [5.74, 6) is 0.494. The number of nitriles is 2. The maximum absolute atomic E-state index is 11.6. The fourth-order valence-electron chi connectivity index (χ4n) is 3.20. The van der Waals surface area contributed by atoms with Gasteiger partial charge in [-0.3, -0.25) is 9.59 Å². The van der Waals surface area contributed by atoms with Crippen LogP contribution in [0, 0.1) is 22.7 Å². The van der Waals surface area contributed by atoms with Gasteiger partial charge in [-0.15, -0.1) is 0 Å². The van der Waals surface area contributed by atoms with Gasteiger partial charge < -0.3 is 18.9 Å². The van der Waals surface area contributed by atoms with E-state index in [0.717, 1.165) is 6.42 Å². The van der Waals surface area contributed by atoms with Gasteiger partial charge in [-0.1, -0.05) is 19.1 Å². The Morgan fingerprint density at radius 2 is 1.27 bits per heavy atom. The van der Waals surface area contributed by atoms with E-state index in [0.29, 0.717) is 66.5 Å². The van der Waals surface area contributed by atoms with E-state index in [1.807, 2.05) is 19.1 Å². The molecule has 0 aliphatic heterocycles. The van der Waals surface area contributed by atoms with Crippen molar-refractivity contribution in [3.05, 3.63) is 44.4 Å². The Morgan fingerprint density at radius 1 is 0.800 bits per heavy atom. The first-order valence-electron chi connectivity index (χ1n) is 12.8. The van der Waals surface area contributed by atoms with Crippen LogP contribution in [0.2, 0.25) is 0 Å². The van der Waals surface area contributed by atoms with Crippen LogP contribution in [-0.2, 0) is 0 Å². The molecule has 2 aromatic heterocycles. The van der Waals surface area contributed by atoms with Crippen molar-refractivity contribution in [3.63, 3.8) is 0 Å². The molecule has 40 heavy (non-hydrogen) atoms. The normalized spacial score (nSPS) is 10.7. The average Bonchev–Trinajstić information content (AvgIpc) is 2.95. The third-order valence-corrected chi connectivity index (χ3v) is 6.32. The number of aldehydes is 2. The molecule has 0 radical (unpaired) electrons. The average molecular weight is 678 g/mol. The standard InChI is InChI=1S/C28H30Br2N4O6/c1-2-3-6-11-24(39-27-22(29)16-20(18-35)25(33-27)37-14-9-4-7-12-31)40-28-23(30)17-21(19-36)26(34-28)38-15-10-5-8-13-32/h3,6,16-19,24H,2,4-5,7-11,14-15H2,1H3/b6-3-. The Morgan fingerprint density at radius 3 is 1.68 bits per heavy atom. The van der Waals surface area contributed by atoms with Gasteiger partial charge in [-0.05, 0) is 76.1 Å². The number of nitrogens with zero attached hydrogens (tertiary/aromatic N) is 4. The molecule has 212 valence electrons. The number of carbonyl (C=O) groups is 2. The van der Waals surface area contributed by atoms with Crippen molar-refractivity contribution >= 4 is 44.4 Å². The molecule has 2 rings (SSSR count). The van der Waals surface area contributed by atoms with Crippen molar-refractivity contribution in [1.29, 1.82) is 10.5 Å². The molecule has 10 nitrogen and oxygen atoms in total. The minimum Gasteiger partial charge on any atom is -0.477 e. The zero-order valence-corrected chi connectivity index (χ0v) is 25.3. The van der Waals surface area contributed by atoms with Gasteiger partial charge in [0.05, 0.1) is 45.4 Å². The van der Waals surface area contributed by atoms with Crippen molar-refractivity contribution in [3.8, 4) is 35.7 Å². The summed E-state index contributed by atoms with van der Waals surface area (Å²) in [6.45, 7) is 2.57. The molecule has 0 aliphatic carbocycles. The summed E-state index contributed by atoms with van der Waals surface area (Å²) in [6.07, 6.45) is 8.82. The molecule has 0 aromatic carbocycles. The van der Waals surface area contributed by atoms with Crippen LogP contribution in [0.1, 0.15) is 79.0 Å². The van der Waals surface area contributed by atoms with E-state index in [2.05, 4.69) is 54.0 Å². The predicted molar refractivity (Wildman–Crippen MR) is 154 cm³/mol. The summed E-state index contributed by atoms with van der Waals surface area (Å²) in [6, 6.07) is 7.26. The summed E-state index contributed by atoms with van der Waals surface area (Å²) in [5, 5.41) is 17.4. The van der Waals surface area contributed by atoms with Crippen LogP contribution >= 0.6 is 31.9 Å². The fourth-order valence-corrected chi connectivity index (χ4v) is 4.06. The number of allylic oxidation sites excluding steroid dienone is 1. The Kier molecular flexibility index (Phi) is 15.3. The molecular weight excluding hydrogens is 648 g/mol. The number of ether oxygens (including phenoxy) is 4. The monoisotopic (exact) mass is 676 g/mol. The summed E-state index contributed by atoms with van der Waals surface area (Å²) in [4.78, 5) is 31.9.